The maximum Gasteiger partial charge on any atom is 0.310 e. The molecule has 1 aliphatic heterocycles. The van der Waals surface area contributed by atoms with E-state index in [-0.39, 0.29) is 17.8 Å². The van der Waals surface area contributed by atoms with E-state index in [2.05, 4.69) is 63.3 Å². The van der Waals surface area contributed by atoms with Crippen LogP contribution in [0.5, 0.6) is 0 Å². The van der Waals surface area contributed by atoms with Crippen molar-refractivity contribution in [1.29, 1.82) is 0 Å². The molecule has 0 amide bonds. The molecule has 4 heteroatoms. The molecule has 1 saturated heterocycles. The second-order valence-corrected chi connectivity index (χ2v) is 7.55. The van der Waals surface area contributed by atoms with Crippen LogP contribution in [0.25, 0.3) is 0 Å². The van der Waals surface area contributed by atoms with E-state index in [0.717, 1.165) is 30.5 Å². The third-order valence-electron chi connectivity index (χ3n) is 4.74. The van der Waals surface area contributed by atoms with Crippen LogP contribution in [0.15, 0.2) is 59.1 Å². The van der Waals surface area contributed by atoms with E-state index >= 15 is 0 Å². The summed E-state index contributed by atoms with van der Waals surface area (Å²) in [7, 11) is 0. The number of carbonyl (C=O) groups excluding carboxylic acids is 1. The molecule has 2 aromatic rings. The van der Waals surface area contributed by atoms with Gasteiger partial charge in [0, 0.05) is 24.1 Å². The van der Waals surface area contributed by atoms with Gasteiger partial charge in [-0.15, -0.1) is 0 Å². The summed E-state index contributed by atoms with van der Waals surface area (Å²) in [4.78, 5) is 14.8. The monoisotopic (exact) mass is 401 g/mol. The van der Waals surface area contributed by atoms with E-state index in [1.807, 2.05) is 19.1 Å². The SMILES string of the molecule is CCOC(=O)[C@@H]1CN(Cc2ccccc2)C[C@H]1Cc1cccc(Br)c1. The molecule has 0 aliphatic carbocycles. The quantitative estimate of drug-likeness (QED) is 0.675. The largest absolute Gasteiger partial charge is 0.466 e. The predicted octanol–water partition coefficient (Wildman–Crippen LogP) is 4.30. The highest BCUT2D eigenvalue weighted by Gasteiger charge is 2.38. The normalized spacial score (nSPS) is 20.6. The molecule has 0 spiro atoms. The number of hydrogen-bond acceptors (Lipinski definition) is 3. The number of benzene rings is 2. The van der Waals surface area contributed by atoms with E-state index in [1.165, 1.54) is 11.1 Å². The van der Waals surface area contributed by atoms with Crippen molar-refractivity contribution in [3.05, 3.63) is 70.2 Å². The lowest BCUT2D eigenvalue weighted by atomic mass is 9.90. The van der Waals surface area contributed by atoms with Gasteiger partial charge < -0.3 is 4.74 Å². The first-order valence-electron chi connectivity index (χ1n) is 8.83. The van der Waals surface area contributed by atoms with Crippen LogP contribution in [0.1, 0.15) is 18.1 Å². The van der Waals surface area contributed by atoms with Crippen molar-refractivity contribution in [1.82, 2.24) is 4.90 Å². The lowest BCUT2D eigenvalue weighted by molar-refractivity contribution is -0.148. The van der Waals surface area contributed by atoms with Gasteiger partial charge in [-0.3, -0.25) is 9.69 Å². The molecule has 2 atom stereocenters. The van der Waals surface area contributed by atoms with Crippen molar-refractivity contribution >= 4 is 21.9 Å². The molecule has 0 aromatic heterocycles. The van der Waals surface area contributed by atoms with Gasteiger partial charge in [0.2, 0.25) is 0 Å². The minimum Gasteiger partial charge on any atom is -0.466 e. The number of carbonyl (C=O) groups is 1. The van der Waals surface area contributed by atoms with Gasteiger partial charge in [-0.05, 0) is 42.5 Å². The molecule has 2 aromatic carbocycles. The van der Waals surface area contributed by atoms with Gasteiger partial charge in [-0.1, -0.05) is 58.4 Å². The Kier molecular flexibility index (Phi) is 6.27. The number of halogens is 1. The van der Waals surface area contributed by atoms with Crippen molar-refractivity contribution in [2.75, 3.05) is 19.7 Å². The molecule has 0 radical (unpaired) electrons. The summed E-state index contributed by atoms with van der Waals surface area (Å²) in [6.45, 7) is 4.89. The molecule has 25 heavy (non-hydrogen) atoms. The molecular weight excluding hydrogens is 378 g/mol. The van der Waals surface area contributed by atoms with Crippen LogP contribution in [-0.4, -0.2) is 30.6 Å². The molecule has 3 nitrogen and oxygen atoms in total. The first-order valence-corrected chi connectivity index (χ1v) is 9.62. The van der Waals surface area contributed by atoms with Crippen molar-refractivity contribution < 1.29 is 9.53 Å². The Labute approximate surface area is 158 Å². The van der Waals surface area contributed by atoms with Gasteiger partial charge in [0.1, 0.15) is 0 Å². The van der Waals surface area contributed by atoms with E-state index in [0.29, 0.717) is 6.61 Å². The first-order chi connectivity index (χ1) is 12.2. The third-order valence-corrected chi connectivity index (χ3v) is 5.24. The molecule has 0 bridgehead atoms. The van der Waals surface area contributed by atoms with Crippen molar-refractivity contribution in [2.45, 2.75) is 19.9 Å². The number of ether oxygens (including phenoxy) is 1. The van der Waals surface area contributed by atoms with E-state index in [1.54, 1.807) is 0 Å². The van der Waals surface area contributed by atoms with E-state index < -0.39 is 0 Å². The summed E-state index contributed by atoms with van der Waals surface area (Å²) < 4.78 is 6.42. The number of esters is 1. The fourth-order valence-corrected chi connectivity index (χ4v) is 4.07. The first kappa shape index (κ1) is 18.2. The smallest absolute Gasteiger partial charge is 0.310 e. The highest BCUT2D eigenvalue weighted by atomic mass is 79.9. The van der Waals surface area contributed by atoms with Gasteiger partial charge in [0.25, 0.3) is 0 Å². The highest BCUT2D eigenvalue weighted by molar-refractivity contribution is 9.10. The van der Waals surface area contributed by atoms with Crippen LogP contribution in [0.2, 0.25) is 0 Å². The van der Waals surface area contributed by atoms with Crippen LogP contribution in [0, 0.1) is 11.8 Å². The van der Waals surface area contributed by atoms with Crippen molar-refractivity contribution in [2.24, 2.45) is 11.8 Å². The average Bonchev–Trinajstić information content (AvgIpc) is 2.98. The summed E-state index contributed by atoms with van der Waals surface area (Å²) in [5.41, 5.74) is 2.54. The fraction of sp³-hybridized carbons (Fsp3) is 0.381. The standard InChI is InChI=1S/C21H24BrNO2/c1-2-25-21(24)20-15-23(13-16-7-4-3-5-8-16)14-18(20)11-17-9-6-10-19(22)12-17/h3-10,12,18,20H,2,11,13-15H2,1H3/t18-,20-/m1/s1. The zero-order valence-electron chi connectivity index (χ0n) is 14.5. The maximum absolute atomic E-state index is 12.5. The topological polar surface area (TPSA) is 29.5 Å². The predicted molar refractivity (Wildman–Crippen MR) is 103 cm³/mol. The van der Waals surface area contributed by atoms with Gasteiger partial charge in [-0.2, -0.15) is 0 Å². The molecule has 132 valence electrons. The van der Waals surface area contributed by atoms with Gasteiger partial charge >= 0.3 is 5.97 Å². The third kappa shape index (κ3) is 4.93. The number of hydrogen-bond donors (Lipinski definition) is 0. The van der Waals surface area contributed by atoms with Crippen LogP contribution < -0.4 is 0 Å². The summed E-state index contributed by atoms with van der Waals surface area (Å²) >= 11 is 3.53. The van der Waals surface area contributed by atoms with Crippen molar-refractivity contribution in [3.8, 4) is 0 Å². The van der Waals surface area contributed by atoms with Gasteiger partial charge in [0.05, 0.1) is 12.5 Å². The fourth-order valence-electron chi connectivity index (χ4n) is 3.62. The molecule has 3 rings (SSSR count). The molecule has 1 heterocycles. The number of nitrogens with zero attached hydrogens (tertiary/aromatic N) is 1. The molecule has 0 unspecified atom stereocenters. The van der Waals surface area contributed by atoms with E-state index in [4.69, 9.17) is 4.74 Å². The Bertz CT molecular complexity index is 704. The average molecular weight is 402 g/mol. The summed E-state index contributed by atoms with van der Waals surface area (Å²) in [5.74, 6) is 0.178. The molecule has 1 aliphatic rings. The number of rotatable bonds is 6. The molecule has 0 saturated carbocycles. The van der Waals surface area contributed by atoms with Crippen LogP contribution in [-0.2, 0) is 22.5 Å². The Hall–Kier alpha value is -1.65. The van der Waals surface area contributed by atoms with Crippen LogP contribution >= 0.6 is 15.9 Å². The number of likely N-dealkylation sites (tertiary alicyclic amines) is 1. The Balaban J connectivity index is 1.72. The van der Waals surface area contributed by atoms with Crippen molar-refractivity contribution in [3.63, 3.8) is 0 Å². The molecule has 0 N–H and O–H groups in total. The second-order valence-electron chi connectivity index (χ2n) is 6.63. The molecule has 1 fully saturated rings. The summed E-state index contributed by atoms with van der Waals surface area (Å²) in [6, 6.07) is 18.8. The lowest BCUT2D eigenvalue weighted by Gasteiger charge is -2.17. The molecular formula is C21H24BrNO2. The lowest BCUT2D eigenvalue weighted by Crippen LogP contribution is -2.26. The highest BCUT2D eigenvalue weighted by Crippen LogP contribution is 2.30. The Morgan fingerprint density at radius 1 is 1.12 bits per heavy atom. The zero-order chi connectivity index (χ0) is 17.6. The Morgan fingerprint density at radius 2 is 1.88 bits per heavy atom. The second kappa shape index (κ2) is 8.63. The van der Waals surface area contributed by atoms with E-state index in [9.17, 15) is 4.79 Å². The minimum atomic E-state index is -0.0574. The van der Waals surface area contributed by atoms with Crippen LogP contribution in [0.4, 0.5) is 0 Å². The minimum absolute atomic E-state index is 0.0531. The van der Waals surface area contributed by atoms with Gasteiger partial charge in [0.15, 0.2) is 0 Å². The summed E-state index contributed by atoms with van der Waals surface area (Å²) in [6.07, 6.45) is 0.897. The zero-order valence-corrected chi connectivity index (χ0v) is 16.1. The van der Waals surface area contributed by atoms with Crippen LogP contribution in [0.3, 0.4) is 0 Å². The maximum atomic E-state index is 12.5. The Morgan fingerprint density at radius 3 is 2.60 bits per heavy atom. The van der Waals surface area contributed by atoms with Gasteiger partial charge in [-0.25, -0.2) is 0 Å². The summed E-state index contributed by atoms with van der Waals surface area (Å²) in [5, 5.41) is 0.